The Hall–Kier alpha value is -1.66. The van der Waals surface area contributed by atoms with Crippen molar-refractivity contribution in [1.82, 2.24) is 19.9 Å². The van der Waals surface area contributed by atoms with E-state index in [4.69, 9.17) is 0 Å². The molecule has 0 aromatic carbocycles. The maximum Gasteiger partial charge on any atom is 0.145 e. The van der Waals surface area contributed by atoms with Crippen molar-refractivity contribution in [3.63, 3.8) is 0 Å². The fourth-order valence-electron chi connectivity index (χ4n) is 4.94. The topological polar surface area (TPSA) is 66.2 Å². The summed E-state index contributed by atoms with van der Waals surface area (Å²) in [7, 11) is 0. The van der Waals surface area contributed by atoms with Gasteiger partial charge < -0.3 is 19.9 Å². The number of piperidine rings is 1. The molecule has 28 heavy (non-hydrogen) atoms. The van der Waals surface area contributed by atoms with Gasteiger partial charge in [0.2, 0.25) is 0 Å². The third-order valence-electron chi connectivity index (χ3n) is 6.85. The molecule has 1 aliphatic heterocycles. The normalized spacial score (nSPS) is 28.5. The van der Waals surface area contributed by atoms with Crippen molar-refractivity contribution < 1.29 is 5.11 Å². The molecule has 3 heterocycles. The summed E-state index contributed by atoms with van der Waals surface area (Å²) in [6, 6.07) is 2.16. The molecule has 1 aliphatic carbocycles. The second kappa shape index (κ2) is 8.78. The first kappa shape index (κ1) is 19.6. The number of hydrogen-bond donors (Lipinski definition) is 2. The minimum Gasteiger partial charge on any atom is -0.391 e. The van der Waals surface area contributed by atoms with E-state index in [9.17, 15) is 5.11 Å². The Balaban J connectivity index is 1.53. The average Bonchev–Trinajstić information content (AvgIpc) is 3.12. The van der Waals surface area contributed by atoms with Crippen molar-refractivity contribution in [2.24, 2.45) is 17.8 Å². The molecule has 0 bridgehead atoms. The molecule has 0 spiro atoms. The maximum atomic E-state index is 10.3. The number of fused-ring (bicyclic) bond motifs is 1. The van der Waals surface area contributed by atoms with Gasteiger partial charge in [0.1, 0.15) is 17.8 Å². The lowest BCUT2D eigenvalue weighted by Gasteiger charge is -2.32. The highest BCUT2D eigenvalue weighted by molar-refractivity contribution is 5.87. The van der Waals surface area contributed by atoms with Crippen LogP contribution in [0.4, 0.5) is 5.82 Å². The van der Waals surface area contributed by atoms with Gasteiger partial charge in [-0.1, -0.05) is 19.8 Å². The van der Waals surface area contributed by atoms with Crippen LogP contribution in [0.1, 0.15) is 46.0 Å². The van der Waals surface area contributed by atoms with Crippen molar-refractivity contribution in [2.75, 3.05) is 31.1 Å². The van der Waals surface area contributed by atoms with Gasteiger partial charge in [0.05, 0.1) is 11.5 Å². The molecule has 2 aliphatic rings. The number of aliphatic hydroxyl groups is 1. The highest BCUT2D eigenvalue weighted by atomic mass is 16.3. The number of nitrogens with one attached hydrogen (secondary N) is 1. The van der Waals surface area contributed by atoms with Crippen molar-refractivity contribution >= 4 is 16.9 Å². The molecule has 2 atom stereocenters. The Labute approximate surface area is 168 Å². The number of anilines is 1. The maximum absolute atomic E-state index is 10.3. The van der Waals surface area contributed by atoms with Gasteiger partial charge in [0.25, 0.3) is 0 Å². The molecule has 0 amide bonds. The first-order valence-electron chi connectivity index (χ1n) is 11.1. The van der Waals surface area contributed by atoms with E-state index >= 15 is 0 Å². The zero-order valence-corrected chi connectivity index (χ0v) is 17.3. The Kier molecular flexibility index (Phi) is 6.16. The second-order valence-electron chi connectivity index (χ2n) is 8.89. The molecule has 2 aromatic rings. The summed E-state index contributed by atoms with van der Waals surface area (Å²) in [6.45, 7) is 9.14. The predicted octanol–water partition coefficient (Wildman–Crippen LogP) is 3.05. The van der Waals surface area contributed by atoms with E-state index in [2.05, 4.69) is 50.9 Å². The van der Waals surface area contributed by atoms with Crippen LogP contribution in [0, 0.1) is 17.8 Å². The molecule has 2 aromatic heterocycles. The van der Waals surface area contributed by atoms with E-state index in [0.29, 0.717) is 6.54 Å². The van der Waals surface area contributed by atoms with Crippen LogP contribution in [-0.4, -0.2) is 51.9 Å². The summed E-state index contributed by atoms with van der Waals surface area (Å²) in [4.78, 5) is 11.7. The van der Waals surface area contributed by atoms with Gasteiger partial charge in [0, 0.05) is 38.3 Å². The van der Waals surface area contributed by atoms with E-state index in [1.165, 1.54) is 25.7 Å². The first-order valence-corrected chi connectivity index (χ1v) is 11.1. The van der Waals surface area contributed by atoms with Crippen LogP contribution >= 0.6 is 0 Å². The van der Waals surface area contributed by atoms with Crippen molar-refractivity contribution in [1.29, 1.82) is 0 Å². The van der Waals surface area contributed by atoms with E-state index in [1.807, 2.05) is 0 Å². The molecule has 0 unspecified atom stereocenters. The van der Waals surface area contributed by atoms with Crippen LogP contribution in [0.25, 0.3) is 11.0 Å². The lowest BCUT2D eigenvalue weighted by Crippen LogP contribution is -2.42. The third-order valence-corrected chi connectivity index (χ3v) is 6.85. The molecule has 6 heteroatoms. The largest absolute Gasteiger partial charge is 0.391 e. The van der Waals surface area contributed by atoms with Crippen molar-refractivity contribution in [3.8, 4) is 0 Å². The number of aliphatic hydroxyl groups excluding tert-OH is 1. The number of nitrogens with zero attached hydrogens (tertiary/aromatic N) is 4. The van der Waals surface area contributed by atoms with E-state index in [0.717, 1.165) is 61.3 Å². The van der Waals surface area contributed by atoms with Gasteiger partial charge >= 0.3 is 0 Å². The predicted molar refractivity (Wildman–Crippen MR) is 114 cm³/mol. The van der Waals surface area contributed by atoms with Gasteiger partial charge in [-0.3, -0.25) is 0 Å². The Morgan fingerprint density at radius 3 is 2.79 bits per heavy atom. The smallest absolute Gasteiger partial charge is 0.145 e. The number of β-amino-alcohol motifs (C(OH)–C–C–N with tert-alkyl or cyclic N) is 1. The van der Waals surface area contributed by atoms with Crippen LogP contribution in [0.3, 0.4) is 0 Å². The SMILES string of the molecule is CCN(CC1CCC(C)CC1)c1ncnc2c1ccn2C[C@@H]1CCNC[C@H]1O. The zero-order valence-electron chi connectivity index (χ0n) is 17.3. The van der Waals surface area contributed by atoms with Gasteiger partial charge in [-0.05, 0) is 50.6 Å². The van der Waals surface area contributed by atoms with E-state index in [-0.39, 0.29) is 12.0 Å². The Morgan fingerprint density at radius 1 is 1.21 bits per heavy atom. The van der Waals surface area contributed by atoms with Crippen LogP contribution in [0.15, 0.2) is 18.6 Å². The van der Waals surface area contributed by atoms with Gasteiger partial charge in [-0.15, -0.1) is 0 Å². The standard InChI is InChI=1S/C22H35N5O/c1-3-26(13-17-6-4-16(2)5-7-17)21-19-9-11-27(22(19)25-15-24-21)14-18-8-10-23-12-20(18)28/h9,11,15-18,20,23,28H,3-8,10,12-14H2,1-2H3/t16?,17?,18-,20+/m0/s1. The lowest BCUT2D eigenvalue weighted by atomic mass is 9.83. The van der Waals surface area contributed by atoms with E-state index in [1.54, 1.807) is 6.33 Å². The fraction of sp³-hybridized carbons (Fsp3) is 0.727. The Bertz CT molecular complexity index is 767. The van der Waals surface area contributed by atoms with Crippen LogP contribution < -0.4 is 10.2 Å². The summed E-state index contributed by atoms with van der Waals surface area (Å²) in [6.07, 6.45) is 9.92. The zero-order chi connectivity index (χ0) is 19.5. The highest BCUT2D eigenvalue weighted by Crippen LogP contribution is 2.31. The minimum absolute atomic E-state index is 0.279. The molecule has 1 saturated heterocycles. The number of hydrogen-bond acceptors (Lipinski definition) is 5. The van der Waals surface area contributed by atoms with Gasteiger partial charge in [0.15, 0.2) is 0 Å². The average molecular weight is 386 g/mol. The molecule has 2 N–H and O–H groups in total. The fourth-order valence-corrected chi connectivity index (χ4v) is 4.94. The third kappa shape index (κ3) is 4.18. The summed E-state index contributed by atoms with van der Waals surface area (Å²) < 4.78 is 2.20. The summed E-state index contributed by atoms with van der Waals surface area (Å²) in [5.41, 5.74) is 0.992. The van der Waals surface area contributed by atoms with Crippen LogP contribution in [-0.2, 0) is 6.54 Å². The van der Waals surface area contributed by atoms with Crippen LogP contribution in [0.2, 0.25) is 0 Å². The molecular formula is C22H35N5O. The number of rotatable bonds is 6. The minimum atomic E-state index is -0.284. The van der Waals surface area contributed by atoms with E-state index < -0.39 is 0 Å². The summed E-state index contributed by atoms with van der Waals surface area (Å²) in [5, 5.41) is 14.7. The molecule has 154 valence electrons. The molecule has 4 rings (SSSR count). The first-order chi connectivity index (χ1) is 13.7. The van der Waals surface area contributed by atoms with Crippen LogP contribution in [0.5, 0.6) is 0 Å². The molecule has 1 saturated carbocycles. The highest BCUT2D eigenvalue weighted by Gasteiger charge is 2.25. The Morgan fingerprint density at radius 2 is 2.04 bits per heavy atom. The number of aromatic nitrogens is 3. The monoisotopic (exact) mass is 385 g/mol. The lowest BCUT2D eigenvalue weighted by molar-refractivity contribution is 0.0729. The van der Waals surface area contributed by atoms with Gasteiger partial charge in [-0.2, -0.15) is 0 Å². The molecular weight excluding hydrogens is 350 g/mol. The molecule has 2 fully saturated rings. The molecule has 0 radical (unpaired) electrons. The summed E-state index contributed by atoms with van der Waals surface area (Å²) >= 11 is 0. The quantitative estimate of drug-likeness (QED) is 0.800. The summed E-state index contributed by atoms with van der Waals surface area (Å²) in [5.74, 6) is 3.00. The molecule has 6 nitrogen and oxygen atoms in total. The van der Waals surface area contributed by atoms with Crippen molar-refractivity contribution in [2.45, 2.75) is 58.6 Å². The van der Waals surface area contributed by atoms with Gasteiger partial charge in [-0.25, -0.2) is 9.97 Å². The second-order valence-corrected chi connectivity index (χ2v) is 8.89. The van der Waals surface area contributed by atoms with Crippen molar-refractivity contribution in [3.05, 3.63) is 18.6 Å².